The van der Waals surface area contributed by atoms with E-state index in [1.165, 1.54) is 29.3 Å². The molecule has 7 rings (SSSR count). The third kappa shape index (κ3) is 4.45. The Hall–Kier alpha value is -4.81. The molecule has 0 bridgehead atoms. The molecule has 208 valence electrons. The average molecular weight is 595 g/mol. The van der Waals surface area contributed by atoms with Crippen molar-refractivity contribution in [2.24, 2.45) is 4.99 Å². The predicted molar refractivity (Wildman–Crippen MR) is 159 cm³/mol. The number of thiazole rings is 1. The number of benzene rings is 3. The van der Waals surface area contributed by atoms with Gasteiger partial charge in [-0.3, -0.25) is 24.6 Å². The number of nitro benzene ring substituents is 1. The molecule has 1 aliphatic heterocycles. The Morgan fingerprint density at radius 2 is 1.98 bits per heavy atom. The summed E-state index contributed by atoms with van der Waals surface area (Å²) in [6, 6.07) is 20.5. The topological polar surface area (TPSA) is 128 Å². The molecule has 0 saturated heterocycles. The molecule has 0 spiro atoms. The highest BCUT2D eigenvalue weighted by molar-refractivity contribution is 7.99. The average Bonchev–Trinajstić information content (AvgIpc) is 3.64. The minimum Gasteiger partial charge on any atom is -0.496 e. The lowest BCUT2D eigenvalue weighted by Crippen LogP contribution is -2.39. The minimum absolute atomic E-state index is 0.0862. The highest BCUT2D eigenvalue weighted by atomic mass is 32.2. The van der Waals surface area contributed by atoms with Gasteiger partial charge < -0.3 is 4.74 Å². The fourth-order valence-electron chi connectivity index (χ4n) is 5.54. The molecule has 12 heteroatoms. The second-order valence-electron chi connectivity index (χ2n) is 9.73. The molecule has 0 amide bonds. The SMILES string of the molecule is COc1ccccc1C1C2=C(N=c3s/c(=C/c4ccc(Sc5ncn[nH]5)c([N+](=O)[O-])c4)c(=O)n31)c1ccccc1CC2. The van der Waals surface area contributed by atoms with Crippen LogP contribution in [0.4, 0.5) is 5.69 Å². The van der Waals surface area contributed by atoms with Gasteiger partial charge in [0.15, 0.2) is 9.96 Å². The summed E-state index contributed by atoms with van der Waals surface area (Å²) in [6.07, 6.45) is 4.65. The molecular weight excluding hydrogens is 573 g/mol. The summed E-state index contributed by atoms with van der Waals surface area (Å²) in [4.78, 5) is 35.6. The molecule has 2 aromatic heterocycles. The lowest BCUT2D eigenvalue weighted by atomic mass is 9.83. The standard InChI is InChI=1S/C30H22N6O4S2/c1-40-23-9-5-4-8-20(23)27-21-12-11-18-6-2-3-7-19(18)26(21)33-30-35(27)28(37)25(42-30)15-17-10-13-24(22(14-17)36(38)39)41-29-31-16-32-34-29/h2-10,13-16,27H,11-12H2,1H3,(H,31,32,34)/b25-15+. The predicted octanol–water partition coefficient (Wildman–Crippen LogP) is 4.50. The summed E-state index contributed by atoms with van der Waals surface area (Å²) < 4.78 is 7.92. The smallest absolute Gasteiger partial charge is 0.283 e. The van der Waals surface area contributed by atoms with Crippen LogP contribution in [-0.4, -0.2) is 31.8 Å². The molecule has 5 aromatic rings. The van der Waals surface area contributed by atoms with Gasteiger partial charge in [-0.25, -0.2) is 9.98 Å². The third-order valence-corrected chi connectivity index (χ3v) is 9.32. The van der Waals surface area contributed by atoms with E-state index in [0.29, 0.717) is 30.7 Å². The number of H-pyrrole nitrogens is 1. The van der Waals surface area contributed by atoms with Crippen molar-refractivity contribution in [3.8, 4) is 5.75 Å². The Morgan fingerprint density at radius 1 is 1.14 bits per heavy atom. The number of rotatable bonds is 6. The van der Waals surface area contributed by atoms with E-state index < -0.39 is 11.0 Å². The quantitative estimate of drug-likeness (QED) is 0.226. The largest absolute Gasteiger partial charge is 0.496 e. The first kappa shape index (κ1) is 26.1. The van der Waals surface area contributed by atoms with E-state index >= 15 is 0 Å². The van der Waals surface area contributed by atoms with E-state index in [0.717, 1.165) is 47.0 Å². The van der Waals surface area contributed by atoms with Crippen LogP contribution in [-0.2, 0) is 6.42 Å². The number of ether oxygens (including phenoxy) is 1. The fourth-order valence-corrected chi connectivity index (χ4v) is 7.32. The number of nitro groups is 1. The maximum Gasteiger partial charge on any atom is 0.283 e. The van der Waals surface area contributed by atoms with Crippen LogP contribution in [0, 0.1) is 10.1 Å². The molecule has 1 aliphatic carbocycles. The summed E-state index contributed by atoms with van der Waals surface area (Å²) >= 11 is 2.39. The van der Waals surface area contributed by atoms with Crippen molar-refractivity contribution in [2.75, 3.05) is 7.11 Å². The first-order valence-corrected chi connectivity index (χ1v) is 14.7. The second-order valence-corrected chi connectivity index (χ2v) is 11.8. The zero-order valence-electron chi connectivity index (χ0n) is 22.2. The van der Waals surface area contributed by atoms with Crippen LogP contribution in [0.25, 0.3) is 11.8 Å². The fraction of sp³-hybridized carbons (Fsp3) is 0.133. The van der Waals surface area contributed by atoms with Gasteiger partial charge in [0.05, 0.1) is 33.2 Å². The van der Waals surface area contributed by atoms with Crippen LogP contribution in [0.1, 0.15) is 34.7 Å². The third-order valence-electron chi connectivity index (χ3n) is 7.38. The highest BCUT2D eigenvalue weighted by Crippen LogP contribution is 2.43. The first-order valence-electron chi connectivity index (χ1n) is 13.1. The summed E-state index contributed by atoms with van der Waals surface area (Å²) in [5, 5.41) is 18.9. The Labute approximate surface area is 246 Å². The number of allylic oxidation sites excluding steroid dienone is 1. The number of hydrogen-bond donors (Lipinski definition) is 1. The van der Waals surface area contributed by atoms with Crippen molar-refractivity contribution in [3.05, 3.63) is 131 Å². The van der Waals surface area contributed by atoms with Crippen LogP contribution < -0.4 is 19.6 Å². The Balaban J connectivity index is 1.41. The van der Waals surface area contributed by atoms with Gasteiger partial charge >= 0.3 is 0 Å². The van der Waals surface area contributed by atoms with Gasteiger partial charge in [0, 0.05) is 17.2 Å². The monoisotopic (exact) mass is 594 g/mol. The zero-order valence-corrected chi connectivity index (χ0v) is 23.8. The number of nitrogens with one attached hydrogen (secondary N) is 1. The Kier molecular flexibility index (Phi) is 6.56. The number of methoxy groups -OCH3 is 1. The molecule has 2 aliphatic rings. The molecule has 3 heterocycles. The normalized spacial score (nSPS) is 15.9. The summed E-state index contributed by atoms with van der Waals surface area (Å²) in [6.45, 7) is 0. The lowest BCUT2D eigenvalue weighted by Gasteiger charge is -2.31. The summed E-state index contributed by atoms with van der Waals surface area (Å²) in [5.41, 5.74) is 5.40. The Morgan fingerprint density at radius 3 is 2.79 bits per heavy atom. The molecular formula is C30H22N6O4S2. The van der Waals surface area contributed by atoms with E-state index in [9.17, 15) is 14.9 Å². The van der Waals surface area contributed by atoms with Crippen LogP contribution in [0.2, 0.25) is 0 Å². The molecule has 1 unspecified atom stereocenters. The molecule has 10 nitrogen and oxygen atoms in total. The number of aromatic amines is 1. The van der Waals surface area contributed by atoms with Crippen molar-refractivity contribution >= 4 is 40.6 Å². The summed E-state index contributed by atoms with van der Waals surface area (Å²) in [5.74, 6) is 0.695. The number of aromatic nitrogens is 4. The minimum atomic E-state index is -0.440. The molecule has 0 saturated carbocycles. The van der Waals surface area contributed by atoms with Gasteiger partial charge in [0.2, 0.25) is 0 Å². The molecule has 1 atom stereocenters. The van der Waals surface area contributed by atoms with Crippen molar-refractivity contribution in [2.45, 2.75) is 28.9 Å². The van der Waals surface area contributed by atoms with Gasteiger partial charge in [0.25, 0.3) is 11.2 Å². The number of hydrogen-bond acceptors (Lipinski definition) is 9. The van der Waals surface area contributed by atoms with Crippen molar-refractivity contribution in [1.82, 2.24) is 19.7 Å². The number of para-hydroxylation sites is 1. The van der Waals surface area contributed by atoms with Crippen LogP contribution in [0.3, 0.4) is 0 Å². The van der Waals surface area contributed by atoms with E-state index in [1.54, 1.807) is 29.9 Å². The number of aryl methyl sites for hydroxylation is 1. The molecule has 0 fully saturated rings. The molecule has 42 heavy (non-hydrogen) atoms. The maximum absolute atomic E-state index is 14.1. The molecule has 0 radical (unpaired) electrons. The van der Waals surface area contributed by atoms with E-state index in [4.69, 9.17) is 9.73 Å². The zero-order chi connectivity index (χ0) is 28.8. The number of fused-ring (bicyclic) bond motifs is 3. The number of nitrogens with zero attached hydrogens (tertiary/aromatic N) is 5. The van der Waals surface area contributed by atoms with Gasteiger partial charge in [0.1, 0.15) is 12.1 Å². The van der Waals surface area contributed by atoms with Crippen LogP contribution in [0.5, 0.6) is 5.75 Å². The highest BCUT2D eigenvalue weighted by Gasteiger charge is 2.34. The molecule has 1 N–H and O–H groups in total. The maximum atomic E-state index is 14.1. The van der Waals surface area contributed by atoms with Gasteiger partial charge in [-0.05, 0) is 59.5 Å². The van der Waals surface area contributed by atoms with E-state index in [1.807, 2.05) is 36.4 Å². The molecule has 3 aromatic carbocycles. The Bertz CT molecular complexity index is 2080. The van der Waals surface area contributed by atoms with Gasteiger partial charge in [-0.1, -0.05) is 59.9 Å². The van der Waals surface area contributed by atoms with Crippen molar-refractivity contribution in [3.63, 3.8) is 0 Å². The van der Waals surface area contributed by atoms with E-state index in [2.05, 4.69) is 27.3 Å². The summed E-state index contributed by atoms with van der Waals surface area (Å²) in [7, 11) is 1.63. The van der Waals surface area contributed by atoms with Gasteiger partial charge in [-0.15, -0.1) is 0 Å². The first-order chi connectivity index (χ1) is 20.5. The second kappa shape index (κ2) is 10.5. The van der Waals surface area contributed by atoms with Crippen molar-refractivity contribution in [1.29, 1.82) is 0 Å². The van der Waals surface area contributed by atoms with Gasteiger partial charge in [-0.2, -0.15) is 5.10 Å². The van der Waals surface area contributed by atoms with Crippen LogP contribution in [0.15, 0.2) is 98.5 Å². The van der Waals surface area contributed by atoms with Crippen LogP contribution >= 0.6 is 23.1 Å². The lowest BCUT2D eigenvalue weighted by molar-refractivity contribution is -0.387. The van der Waals surface area contributed by atoms with E-state index in [-0.39, 0.29) is 11.2 Å². The van der Waals surface area contributed by atoms with Crippen molar-refractivity contribution < 1.29 is 9.66 Å².